The zero-order chi connectivity index (χ0) is 12.5. The third kappa shape index (κ3) is 2.61. The molecule has 0 amide bonds. The topological polar surface area (TPSA) is 9.23 Å². The SMILES string of the molecule is CCC1(C)C(Br)CC1OCc1ccccc1Br. The minimum Gasteiger partial charge on any atom is -0.373 e. The minimum absolute atomic E-state index is 0.293. The number of rotatable bonds is 4. The van der Waals surface area contributed by atoms with Crippen LogP contribution in [-0.2, 0) is 11.3 Å². The van der Waals surface area contributed by atoms with Crippen molar-refractivity contribution in [3.63, 3.8) is 0 Å². The highest BCUT2D eigenvalue weighted by Crippen LogP contribution is 2.50. The monoisotopic (exact) mass is 360 g/mol. The number of alkyl halides is 1. The van der Waals surface area contributed by atoms with Gasteiger partial charge < -0.3 is 4.74 Å². The van der Waals surface area contributed by atoms with E-state index < -0.39 is 0 Å². The van der Waals surface area contributed by atoms with E-state index in [0.29, 0.717) is 23.0 Å². The highest BCUT2D eigenvalue weighted by molar-refractivity contribution is 9.10. The van der Waals surface area contributed by atoms with E-state index in [0.717, 1.165) is 17.3 Å². The van der Waals surface area contributed by atoms with Crippen LogP contribution in [0.1, 0.15) is 32.3 Å². The summed E-state index contributed by atoms with van der Waals surface area (Å²) in [5, 5.41) is 0. The Morgan fingerprint density at radius 2 is 2.12 bits per heavy atom. The number of halogens is 2. The molecule has 17 heavy (non-hydrogen) atoms. The summed E-state index contributed by atoms with van der Waals surface area (Å²) in [6.45, 7) is 5.24. The second kappa shape index (κ2) is 5.41. The lowest BCUT2D eigenvalue weighted by atomic mass is 9.66. The Hall–Kier alpha value is 0.140. The fraction of sp³-hybridized carbons (Fsp3) is 0.571. The lowest BCUT2D eigenvalue weighted by Crippen LogP contribution is -2.53. The smallest absolute Gasteiger partial charge is 0.0731 e. The van der Waals surface area contributed by atoms with Crippen LogP contribution in [0.2, 0.25) is 0 Å². The Bertz CT molecular complexity index is 394. The van der Waals surface area contributed by atoms with Gasteiger partial charge in [-0.2, -0.15) is 0 Å². The summed E-state index contributed by atoms with van der Waals surface area (Å²) >= 11 is 7.29. The summed E-state index contributed by atoms with van der Waals surface area (Å²) < 4.78 is 7.19. The predicted octanol–water partition coefficient (Wildman–Crippen LogP) is 4.92. The molecule has 1 aliphatic rings. The largest absolute Gasteiger partial charge is 0.373 e. The molecule has 0 N–H and O–H groups in total. The normalized spacial score (nSPS) is 32.2. The molecule has 0 heterocycles. The van der Waals surface area contributed by atoms with Crippen LogP contribution in [0.3, 0.4) is 0 Å². The summed E-state index contributed by atoms with van der Waals surface area (Å²) in [5.41, 5.74) is 1.52. The number of hydrogen-bond acceptors (Lipinski definition) is 1. The molecule has 0 aromatic heterocycles. The fourth-order valence-electron chi connectivity index (χ4n) is 2.28. The first-order valence-corrected chi connectivity index (χ1v) is 7.78. The van der Waals surface area contributed by atoms with Crippen molar-refractivity contribution < 1.29 is 4.74 Å². The molecule has 3 heteroatoms. The highest BCUT2D eigenvalue weighted by atomic mass is 79.9. The lowest BCUT2D eigenvalue weighted by molar-refractivity contribution is -0.104. The predicted molar refractivity (Wildman–Crippen MR) is 78.4 cm³/mol. The van der Waals surface area contributed by atoms with E-state index in [2.05, 4.69) is 63.9 Å². The average Bonchev–Trinajstić information content (AvgIpc) is 2.35. The molecule has 1 nitrogen and oxygen atoms in total. The molecule has 0 aliphatic heterocycles. The maximum Gasteiger partial charge on any atom is 0.0731 e. The van der Waals surface area contributed by atoms with Crippen LogP contribution in [0.15, 0.2) is 28.7 Å². The summed E-state index contributed by atoms with van der Waals surface area (Å²) in [6, 6.07) is 8.25. The van der Waals surface area contributed by atoms with Gasteiger partial charge in [-0.3, -0.25) is 0 Å². The van der Waals surface area contributed by atoms with Gasteiger partial charge in [0.25, 0.3) is 0 Å². The molecule has 0 bridgehead atoms. The average molecular weight is 362 g/mol. The van der Waals surface area contributed by atoms with Crippen molar-refractivity contribution in [2.24, 2.45) is 5.41 Å². The quantitative estimate of drug-likeness (QED) is 0.691. The maximum atomic E-state index is 6.06. The van der Waals surface area contributed by atoms with Gasteiger partial charge in [0.2, 0.25) is 0 Å². The van der Waals surface area contributed by atoms with Gasteiger partial charge in [-0.05, 0) is 24.5 Å². The Morgan fingerprint density at radius 3 is 2.71 bits per heavy atom. The summed E-state index contributed by atoms with van der Waals surface area (Å²) in [6.07, 6.45) is 2.65. The molecule has 94 valence electrons. The molecule has 1 saturated carbocycles. The van der Waals surface area contributed by atoms with Gasteiger partial charge in [-0.15, -0.1) is 0 Å². The van der Waals surface area contributed by atoms with Crippen LogP contribution in [-0.4, -0.2) is 10.9 Å². The van der Waals surface area contributed by atoms with Crippen LogP contribution in [0.5, 0.6) is 0 Å². The molecule has 1 fully saturated rings. The van der Waals surface area contributed by atoms with Gasteiger partial charge in [0.05, 0.1) is 12.7 Å². The summed E-state index contributed by atoms with van der Waals surface area (Å²) in [5.74, 6) is 0. The molecule has 3 atom stereocenters. The van der Waals surface area contributed by atoms with Crippen molar-refractivity contribution in [1.82, 2.24) is 0 Å². The van der Waals surface area contributed by atoms with Crippen LogP contribution in [0, 0.1) is 5.41 Å². The van der Waals surface area contributed by atoms with Crippen molar-refractivity contribution in [2.75, 3.05) is 0 Å². The molecule has 2 rings (SSSR count). The van der Waals surface area contributed by atoms with Crippen molar-refractivity contribution in [1.29, 1.82) is 0 Å². The molecule has 1 aliphatic carbocycles. The van der Waals surface area contributed by atoms with Crippen LogP contribution in [0.25, 0.3) is 0 Å². The highest BCUT2D eigenvalue weighted by Gasteiger charge is 2.49. The molecule has 0 radical (unpaired) electrons. The van der Waals surface area contributed by atoms with E-state index >= 15 is 0 Å². The zero-order valence-electron chi connectivity index (χ0n) is 10.2. The van der Waals surface area contributed by atoms with Crippen LogP contribution in [0.4, 0.5) is 0 Å². The van der Waals surface area contributed by atoms with Crippen molar-refractivity contribution in [3.05, 3.63) is 34.3 Å². The van der Waals surface area contributed by atoms with E-state index in [1.807, 2.05) is 6.07 Å². The number of ether oxygens (including phenoxy) is 1. The molecule has 0 saturated heterocycles. The van der Waals surface area contributed by atoms with E-state index in [1.165, 1.54) is 5.56 Å². The van der Waals surface area contributed by atoms with Gasteiger partial charge in [0.1, 0.15) is 0 Å². The van der Waals surface area contributed by atoms with Gasteiger partial charge in [0.15, 0.2) is 0 Å². The van der Waals surface area contributed by atoms with E-state index in [1.54, 1.807) is 0 Å². The number of benzene rings is 1. The zero-order valence-corrected chi connectivity index (χ0v) is 13.4. The molecular weight excluding hydrogens is 344 g/mol. The van der Waals surface area contributed by atoms with Gasteiger partial charge in [0, 0.05) is 14.7 Å². The summed E-state index contributed by atoms with van der Waals surface area (Å²) in [4.78, 5) is 0.601. The van der Waals surface area contributed by atoms with Crippen LogP contribution < -0.4 is 0 Å². The van der Waals surface area contributed by atoms with Crippen LogP contribution >= 0.6 is 31.9 Å². The molecular formula is C14H18Br2O. The van der Waals surface area contributed by atoms with E-state index in [-0.39, 0.29) is 0 Å². The fourth-order valence-corrected chi connectivity index (χ4v) is 3.64. The second-order valence-electron chi connectivity index (χ2n) is 4.95. The Morgan fingerprint density at radius 1 is 1.41 bits per heavy atom. The maximum absolute atomic E-state index is 6.06. The third-order valence-electron chi connectivity index (χ3n) is 4.03. The van der Waals surface area contributed by atoms with Crippen molar-refractivity contribution >= 4 is 31.9 Å². The standard InChI is InChI=1S/C14H18Br2O/c1-3-14(2)12(16)8-13(14)17-9-10-6-4-5-7-11(10)15/h4-7,12-13H,3,8-9H2,1-2H3. The first-order valence-electron chi connectivity index (χ1n) is 6.07. The number of hydrogen-bond donors (Lipinski definition) is 0. The Balaban J connectivity index is 1.94. The van der Waals surface area contributed by atoms with Crippen molar-refractivity contribution in [3.8, 4) is 0 Å². The van der Waals surface area contributed by atoms with Gasteiger partial charge in [-0.25, -0.2) is 0 Å². The van der Waals surface area contributed by atoms with E-state index in [9.17, 15) is 0 Å². The molecule has 1 aromatic rings. The first-order chi connectivity index (χ1) is 8.08. The second-order valence-corrected chi connectivity index (χ2v) is 6.91. The van der Waals surface area contributed by atoms with Gasteiger partial charge >= 0.3 is 0 Å². The summed E-state index contributed by atoms with van der Waals surface area (Å²) in [7, 11) is 0. The molecule has 1 aromatic carbocycles. The molecule has 0 spiro atoms. The van der Waals surface area contributed by atoms with Gasteiger partial charge in [-0.1, -0.05) is 63.9 Å². The lowest BCUT2D eigenvalue weighted by Gasteiger charge is -2.51. The first kappa shape index (κ1) is 13.6. The van der Waals surface area contributed by atoms with Crippen molar-refractivity contribution in [2.45, 2.75) is 44.2 Å². The third-order valence-corrected chi connectivity index (χ3v) is 6.23. The Kier molecular flexibility index (Phi) is 4.32. The van der Waals surface area contributed by atoms with E-state index in [4.69, 9.17) is 4.74 Å². The Labute approximate surface area is 120 Å². The minimum atomic E-state index is 0.293. The molecule has 3 unspecified atom stereocenters.